The van der Waals surface area contributed by atoms with Gasteiger partial charge in [0.25, 0.3) is 0 Å². The minimum atomic E-state index is -0.997. The highest BCUT2D eigenvalue weighted by atomic mass is 16.5. The zero-order valence-electron chi connectivity index (χ0n) is 20.0. The van der Waals surface area contributed by atoms with Crippen molar-refractivity contribution in [2.45, 2.75) is 24.9 Å². The van der Waals surface area contributed by atoms with E-state index in [9.17, 15) is 19.2 Å². The molecule has 0 spiro atoms. The van der Waals surface area contributed by atoms with Crippen molar-refractivity contribution in [2.24, 2.45) is 0 Å². The Kier molecular flexibility index (Phi) is 9.27. The van der Waals surface area contributed by atoms with Gasteiger partial charge in [-0.3, -0.25) is 19.4 Å². The lowest BCUT2D eigenvalue weighted by molar-refractivity contribution is -0.143. The Morgan fingerprint density at radius 3 is 1.42 bits per heavy atom. The fourth-order valence-corrected chi connectivity index (χ4v) is 3.81. The molecule has 3 rings (SSSR count). The number of methoxy groups -OCH3 is 2. The second-order valence-corrected chi connectivity index (χ2v) is 7.84. The summed E-state index contributed by atoms with van der Waals surface area (Å²) in [5.74, 6) is -1.02. The summed E-state index contributed by atoms with van der Waals surface area (Å²) in [4.78, 5) is 56.3. The summed E-state index contributed by atoms with van der Waals surface area (Å²) in [6.07, 6.45) is 1.36. The molecule has 9 nitrogen and oxygen atoms in total. The highest BCUT2D eigenvalue weighted by Gasteiger charge is 2.31. The molecule has 2 aromatic carbocycles. The van der Waals surface area contributed by atoms with E-state index in [1.807, 2.05) is 60.7 Å². The van der Waals surface area contributed by atoms with E-state index in [0.29, 0.717) is 12.8 Å². The largest absolute Gasteiger partial charge is 0.467 e. The number of anilines is 2. The van der Waals surface area contributed by atoms with Crippen LogP contribution in [0.25, 0.3) is 0 Å². The standard InChI is InChI=1S/C27H27N3O6/c1-35-26(33)22(16-20-10-5-3-6-11-20)29(18-31)24-14-9-15-25(28-24)30(19-32)23(27(34)36-2)17-21-12-7-4-8-13-21/h3-15,18-19,22-23H,16-17H2,1-2H3. The van der Waals surface area contributed by atoms with Crippen LogP contribution in [0.2, 0.25) is 0 Å². The Balaban J connectivity index is 1.97. The second-order valence-electron chi connectivity index (χ2n) is 7.84. The highest BCUT2D eigenvalue weighted by molar-refractivity contribution is 5.90. The molecule has 0 aliphatic carbocycles. The van der Waals surface area contributed by atoms with Gasteiger partial charge in [-0.25, -0.2) is 14.6 Å². The molecule has 0 aliphatic rings. The molecule has 2 amide bonds. The third-order valence-corrected chi connectivity index (χ3v) is 5.64. The maximum atomic E-state index is 12.6. The third kappa shape index (κ3) is 6.32. The predicted octanol–water partition coefficient (Wildman–Crippen LogP) is 2.58. The van der Waals surface area contributed by atoms with E-state index in [1.54, 1.807) is 6.07 Å². The van der Waals surface area contributed by atoms with E-state index in [4.69, 9.17) is 9.47 Å². The lowest BCUT2D eigenvalue weighted by Crippen LogP contribution is -2.45. The Hall–Kier alpha value is -4.53. The molecule has 0 N–H and O–H groups in total. The zero-order chi connectivity index (χ0) is 25.9. The first-order valence-corrected chi connectivity index (χ1v) is 11.2. The smallest absolute Gasteiger partial charge is 0.329 e. The number of aromatic nitrogens is 1. The maximum absolute atomic E-state index is 12.6. The Bertz CT molecular complexity index is 1080. The molecule has 0 saturated carbocycles. The summed E-state index contributed by atoms with van der Waals surface area (Å²) < 4.78 is 9.89. The van der Waals surface area contributed by atoms with E-state index >= 15 is 0 Å². The van der Waals surface area contributed by atoms with Crippen molar-refractivity contribution in [2.75, 3.05) is 24.0 Å². The number of rotatable bonds is 12. The molecule has 9 heteroatoms. The topological polar surface area (TPSA) is 106 Å². The molecule has 0 bridgehead atoms. The van der Waals surface area contributed by atoms with Crippen LogP contribution in [0.1, 0.15) is 11.1 Å². The van der Waals surface area contributed by atoms with Gasteiger partial charge in [0.2, 0.25) is 12.8 Å². The number of pyridine rings is 1. The van der Waals surface area contributed by atoms with E-state index in [1.165, 1.54) is 26.4 Å². The molecule has 36 heavy (non-hydrogen) atoms. The third-order valence-electron chi connectivity index (χ3n) is 5.64. The van der Waals surface area contributed by atoms with Gasteiger partial charge in [-0.15, -0.1) is 0 Å². The number of ether oxygens (including phenoxy) is 2. The number of carbonyl (C=O) groups excluding carboxylic acids is 4. The summed E-state index contributed by atoms with van der Waals surface area (Å²) >= 11 is 0. The van der Waals surface area contributed by atoms with Crippen molar-refractivity contribution in [1.29, 1.82) is 0 Å². The zero-order valence-corrected chi connectivity index (χ0v) is 20.0. The van der Waals surface area contributed by atoms with Gasteiger partial charge in [0, 0.05) is 12.8 Å². The molecule has 2 unspecified atom stereocenters. The van der Waals surface area contributed by atoms with Gasteiger partial charge in [-0.1, -0.05) is 66.7 Å². The molecule has 0 radical (unpaired) electrons. The van der Waals surface area contributed by atoms with E-state index in [-0.39, 0.29) is 24.5 Å². The number of nitrogens with zero attached hydrogens (tertiary/aromatic N) is 3. The normalized spacial score (nSPS) is 12.1. The summed E-state index contributed by atoms with van der Waals surface area (Å²) in [6, 6.07) is 21.0. The quantitative estimate of drug-likeness (QED) is 0.284. The van der Waals surface area contributed by atoms with Crippen LogP contribution in [0.15, 0.2) is 78.9 Å². The second kappa shape index (κ2) is 12.8. The fraction of sp³-hybridized carbons (Fsp3) is 0.222. The van der Waals surface area contributed by atoms with Crippen LogP contribution < -0.4 is 9.80 Å². The molecule has 1 heterocycles. The molecule has 3 aromatic rings. The Morgan fingerprint density at radius 1 is 0.694 bits per heavy atom. The molecule has 2 atom stereocenters. The van der Waals surface area contributed by atoms with E-state index in [2.05, 4.69) is 4.98 Å². The van der Waals surface area contributed by atoms with Crippen molar-refractivity contribution in [1.82, 2.24) is 4.98 Å². The lowest BCUT2D eigenvalue weighted by atomic mass is 10.0. The minimum absolute atomic E-state index is 0.115. The van der Waals surface area contributed by atoms with Crippen LogP contribution in [0, 0.1) is 0 Å². The van der Waals surface area contributed by atoms with Crippen LogP contribution in [-0.4, -0.2) is 56.0 Å². The number of hydrogen-bond acceptors (Lipinski definition) is 7. The molecular weight excluding hydrogens is 462 g/mol. The highest BCUT2D eigenvalue weighted by Crippen LogP contribution is 2.23. The first kappa shape index (κ1) is 26.1. The first-order valence-electron chi connectivity index (χ1n) is 11.2. The lowest BCUT2D eigenvalue weighted by Gasteiger charge is -2.28. The molecule has 0 fully saturated rings. The van der Waals surface area contributed by atoms with Gasteiger partial charge in [-0.05, 0) is 23.3 Å². The van der Waals surface area contributed by atoms with Crippen LogP contribution in [-0.2, 0) is 41.5 Å². The molecule has 0 saturated heterocycles. The van der Waals surface area contributed by atoms with Gasteiger partial charge >= 0.3 is 11.9 Å². The minimum Gasteiger partial charge on any atom is -0.467 e. The SMILES string of the molecule is COC(=O)C(Cc1ccccc1)N(C=O)c1cccc(N(C=O)C(Cc2ccccc2)C(=O)OC)n1. The Labute approximate surface area is 209 Å². The maximum Gasteiger partial charge on any atom is 0.329 e. The number of benzene rings is 2. The van der Waals surface area contributed by atoms with Crippen molar-refractivity contribution < 1.29 is 28.7 Å². The monoisotopic (exact) mass is 489 g/mol. The van der Waals surface area contributed by atoms with Crippen LogP contribution in [0.3, 0.4) is 0 Å². The summed E-state index contributed by atoms with van der Waals surface area (Å²) in [6.45, 7) is 0. The van der Waals surface area contributed by atoms with Crippen molar-refractivity contribution >= 4 is 36.4 Å². The molecule has 1 aromatic heterocycles. The average Bonchev–Trinajstić information content (AvgIpc) is 2.93. The van der Waals surface area contributed by atoms with Gasteiger partial charge in [0.1, 0.15) is 23.7 Å². The van der Waals surface area contributed by atoms with Gasteiger partial charge in [-0.2, -0.15) is 0 Å². The van der Waals surface area contributed by atoms with Crippen molar-refractivity contribution in [3.05, 3.63) is 90.0 Å². The van der Waals surface area contributed by atoms with Gasteiger partial charge in [0.15, 0.2) is 0 Å². The van der Waals surface area contributed by atoms with Crippen LogP contribution >= 0.6 is 0 Å². The average molecular weight is 490 g/mol. The molecular formula is C27H27N3O6. The summed E-state index contributed by atoms with van der Waals surface area (Å²) in [5.41, 5.74) is 1.64. The number of esters is 2. The number of carbonyl (C=O) groups is 4. The van der Waals surface area contributed by atoms with Crippen molar-refractivity contribution in [3.63, 3.8) is 0 Å². The van der Waals surface area contributed by atoms with E-state index < -0.39 is 24.0 Å². The molecule has 186 valence electrons. The number of amides is 2. The van der Waals surface area contributed by atoms with Crippen molar-refractivity contribution in [3.8, 4) is 0 Å². The van der Waals surface area contributed by atoms with Crippen LogP contribution in [0.5, 0.6) is 0 Å². The van der Waals surface area contributed by atoms with Crippen LogP contribution in [0.4, 0.5) is 11.6 Å². The summed E-state index contributed by atoms with van der Waals surface area (Å²) in [7, 11) is 2.48. The number of hydrogen-bond donors (Lipinski definition) is 0. The Morgan fingerprint density at radius 2 is 1.08 bits per heavy atom. The van der Waals surface area contributed by atoms with E-state index in [0.717, 1.165) is 20.9 Å². The first-order chi connectivity index (χ1) is 17.5. The fourth-order valence-electron chi connectivity index (χ4n) is 3.81. The molecule has 0 aliphatic heterocycles. The summed E-state index contributed by atoms with van der Waals surface area (Å²) in [5, 5.41) is 0. The predicted molar refractivity (Wildman–Crippen MR) is 133 cm³/mol. The van der Waals surface area contributed by atoms with Gasteiger partial charge < -0.3 is 9.47 Å². The van der Waals surface area contributed by atoms with Gasteiger partial charge in [0.05, 0.1) is 14.2 Å².